The van der Waals surface area contributed by atoms with E-state index in [9.17, 15) is 13.2 Å². The Labute approximate surface area is 183 Å². The lowest BCUT2D eigenvalue weighted by molar-refractivity contribution is -0.137. The molecule has 3 aromatic heterocycles. The van der Waals surface area contributed by atoms with Gasteiger partial charge in [0.1, 0.15) is 0 Å². The highest BCUT2D eigenvalue weighted by molar-refractivity contribution is 5.77. The molecule has 4 aromatic rings. The lowest BCUT2D eigenvalue weighted by Crippen LogP contribution is -2.24. The van der Waals surface area contributed by atoms with Gasteiger partial charge in [0.25, 0.3) is 0 Å². The second-order valence-electron chi connectivity index (χ2n) is 8.13. The minimum Gasteiger partial charge on any atom is -0.301 e. The van der Waals surface area contributed by atoms with Gasteiger partial charge in [-0.15, -0.1) is 0 Å². The van der Waals surface area contributed by atoms with Crippen molar-refractivity contribution in [1.82, 2.24) is 29.3 Å². The normalized spacial score (nSPS) is 15.1. The summed E-state index contributed by atoms with van der Waals surface area (Å²) < 4.78 is 42.3. The molecule has 9 heteroatoms. The largest absolute Gasteiger partial charge is 0.416 e. The minimum absolute atomic E-state index is 0.540. The summed E-state index contributed by atoms with van der Waals surface area (Å²) in [6.45, 7) is 4.20. The zero-order valence-corrected chi connectivity index (χ0v) is 17.5. The maximum Gasteiger partial charge on any atom is 0.416 e. The quantitative estimate of drug-likeness (QED) is 0.449. The Bertz CT molecular complexity index is 1200. The number of hydrogen-bond donors (Lipinski definition) is 0. The molecule has 0 saturated carbocycles. The number of pyridine rings is 1. The lowest BCUT2D eigenvalue weighted by Gasteiger charge is -2.13. The summed E-state index contributed by atoms with van der Waals surface area (Å²) in [5.74, 6) is 0.642. The first-order valence-corrected chi connectivity index (χ1v) is 10.7. The van der Waals surface area contributed by atoms with Gasteiger partial charge in [-0.2, -0.15) is 23.4 Å². The van der Waals surface area contributed by atoms with Crippen LogP contribution in [-0.2, 0) is 19.1 Å². The van der Waals surface area contributed by atoms with E-state index in [1.54, 1.807) is 10.7 Å². The van der Waals surface area contributed by atoms with E-state index in [2.05, 4.69) is 20.1 Å². The molecule has 0 spiro atoms. The summed E-state index contributed by atoms with van der Waals surface area (Å²) in [5, 5.41) is 9.01. The van der Waals surface area contributed by atoms with Crippen molar-refractivity contribution < 1.29 is 13.2 Å². The van der Waals surface area contributed by atoms with E-state index >= 15 is 0 Å². The molecule has 0 aliphatic carbocycles. The molecule has 0 radical (unpaired) electrons. The summed E-state index contributed by atoms with van der Waals surface area (Å²) >= 11 is 0. The van der Waals surface area contributed by atoms with Gasteiger partial charge in [-0.25, -0.2) is 9.50 Å². The molecule has 0 amide bonds. The van der Waals surface area contributed by atoms with Crippen molar-refractivity contribution in [2.45, 2.75) is 32.0 Å². The minimum atomic E-state index is -4.36. The van der Waals surface area contributed by atoms with Gasteiger partial charge in [0.05, 0.1) is 18.3 Å². The molecule has 4 heterocycles. The highest BCUT2D eigenvalue weighted by Crippen LogP contribution is 2.31. The van der Waals surface area contributed by atoms with Crippen LogP contribution in [0.2, 0.25) is 0 Å². The van der Waals surface area contributed by atoms with Gasteiger partial charge in [-0.1, -0.05) is 12.1 Å². The average Bonchev–Trinajstić information content (AvgIpc) is 3.52. The predicted octanol–water partition coefficient (Wildman–Crippen LogP) is 4.30. The van der Waals surface area contributed by atoms with Gasteiger partial charge in [0.2, 0.25) is 0 Å². The monoisotopic (exact) mass is 440 g/mol. The molecule has 5 rings (SSSR count). The maximum absolute atomic E-state index is 12.9. The zero-order chi connectivity index (χ0) is 22.1. The summed E-state index contributed by atoms with van der Waals surface area (Å²) in [4.78, 5) is 7.11. The molecular weight excluding hydrogens is 417 g/mol. The van der Waals surface area contributed by atoms with Crippen molar-refractivity contribution in [3.63, 3.8) is 0 Å². The predicted molar refractivity (Wildman–Crippen MR) is 114 cm³/mol. The van der Waals surface area contributed by atoms with Crippen LogP contribution in [0.4, 0.5) is 13.2 Å². The van der Waals surface area contributed by atoms with Crippen LogP contribution in [0.5, 0.6) is 0 Å². The topological polar surface area (TPSA) is 51.3 Å². The fraction of sp³-hybridized carbons (Fsp3) is 0.348. The Kier molecular flexibility index (Phi) is 5.42. The highest BCUT2D eigenvalue weighted by Gasteiger charge is 2.30. The van der Waals surface area contributed by atoms with Crippen LogP contribution >= 0.6 is 0 Å². The number of halogens is 3. The molecule has 0 N–H and O–H groups in total. The molecule has 1 saturated heterocycles. The van der Waals surface area contributed by atoms with E-state index in [0.29, 0.717) is 23.5 Å². The first kappa shape index (κ1) is 20.7. The SMILES string of the molecule is FC(F)(F)c1ccc(-c2cccn3nc(Cc4cnn(CCN5CCCC5)c4)nc23)cc1. The van der Waals surface area contributed by atoms with Gasteiger partial charge in [0.15, 0.2) is 11.5 Å². The number of hydrogen-bond acceptors (Lipinski definition) is 4. The van der Waals surface area contributed by atoms with E-state index < -0.39 is 11.7 Å². The number of benzene rings is 1. The number of nitrogens with zero attached hydrogens (tertiary/aromatic N) is 6. The molecular formula is C23H23F3N6. The molecule has 0 unspecified atom stereocenters. The Morgan fingerprint density at radius 3 is 2.50 bits per heavy atom. The fourth-order valence-electron chi connectivity index (χ4n) is 4.14. The van der Waals surface area contributed by atoms with Gasteiger partial charge in [-0.05, 0) is 61.3 Å². The first-order valence-electron chi connectivity index (χ1n) is 10.7. The van der Waals surface area contributed by atoms with Crippen molar-refractivity contribution in [1.29, 1.82) is 0 Å². The van der Waals surface area contributed by atoms with Crippen LogP contribution < -0.4 is 0 Å². The summed E-state index contributed by atoms with van der Waals surface area (Å²) in [6.07, 6.45) is 4.39. The highest BCUT2D eigenvalue weighted by atomic mass is 19.4. The number of fused-ring (bicyclic) bond motifs is 1. The van der Waals surface area contributed by atoms with E-state index in [0.717, 1.165) is 36.3 Å². The summed E-state index contributed by atoms with van der Waals surface area (Å²) in [7, 11) is 0. The molecule has 1 aromatic carbocycles. The molecule has 6 nitrogen and oxygen atoms in total. The Balaban J connectivity index is 1.33. The number of alkyl halides is 3. The molecule has 0 atom stereocenters. The second kappa shape index (κ2) is 8.38. The Morgan fingerprint density at radius 2 is 1.75 bits per heavy atom. The Morgan fingerprint density at radius 1 is 0.969 bits per heavy atom. The molecule has 166 valence electrons. The van der Waals surface area contributed by atoms with Gasteiger partial charge >= 0.3 is 6.18 Å². The number of rotatable bonds is 6. The summed E-state index contributed by atoms with van der Waals surface area (Å²) in [6, 6.07) is 8.77. The zero-order valence-electron chi connectivity index (χ0n) is 17.5. The third-order valence-electron chi connectivity index (χ3n) is 5.82. The van der Waals surface area contributed by atoms with E-state index in [1.165, 1.54) is 38.1 Å². The molecule has 0 bridgehead atoms. The molecule has 1 aliphatic rings. The van der Waals surface area contributed by atoms with Crippen molar-refractivity contribution in [3.05, 3.63) is 71.9 Å². The van der Waals surface area contributed by atoms with Crippen molar-refractivity contribution in [3.8, 4) is 11.1 Å². The lowest BCUT2D eigenvalue weighted by atomic mass is 10.0. The standard InChI is InChI=1S/C23H23F3N6/c24-23(25,26)19-7-5-18(6-8-19)20-4-3-11-32-22(20)28-21(29-32)14-17-15-27-31(16-17)13-12-30-9-1-2-10-30/h3-8,11,15-16H,1-2,9-10,12-14H2. The third-order valence-corrected chi connectivity index (χ3v) is 5.82. The van der Waals surface area contributed by atoms with Gasteiger partial charge < -0.3 is 4.90 Å². The van der Waals surface area contributed by atoms with E-state index in [4.69, 9.17) is 0 Å². The van der Waals surface area contributed by atoms with Gasteiger partial charge in [-0.3, -0.25) is 4.68 Å². The van der Waals surface area contributed by atoms with E-state index in [1.807, 2.05) is 29.2 Å². The fourth-order valence-corrected chi connectivity index (χ4v) is 4.14. The molecule has 1 aliphatic heterocycles. The first-order chi connectivity index (χ1) is 15.5. The maximum atomic E-state index is 12.9. The van der Waals surface area contributed by atoms with Crippen LogP contribution in [0.3, 0.4) is 0 Å². The number of aromatic nitrogens is 5. The van der Waals surface area contributed by atoms with E-state index in [-0.39, 0.29) is 0 Å². The van der Waals surface area contributed by atoms with Crippen LogP contribution in [0.15, 0.2) is 55.0 Å². The third kappa shape index (κ3) is 4.38. The smallest absolute Gasteiger partial charge is 0.301 e. The number of likely N-dealkylation sites (tertiary alicyclic amines) is 1. The molecule has 32 heavy (non-hydrogen) atoms. The van der Waals surface area contributed by atoms with Crippen LogP contribution in [0.1, 0.15) is 29.8 Å². The van der Waals surface area contributed by atoms with Crippen LogP contribution in [0.25, 0.3) is 16.8 Å². The van der Waals surface area contributed by atoms with Crippen LogP contribution in [-0.4, -0.2) is 48.9 Å². The Hall–Kier alpha value is -3.20. The van der Waals surface area contributed by atoms with Gasteiger partial charge in [0, 0.05) is 30.9 Å². The second-order valence-corrected chi connectivity index (χ2v) is 8.13. The molecule has 1 fully saturated rings. The average molecular weight is 440 g/mol. The van der Waals surface area contributed by atoms with Crippen LogP contribution in [0, 0.1) is 0 Å². The van der Waals surface area contributed by atoms with Crippen molar-refractivity contribution in [2.75, 3.05) is 19.6 Å². The van der Waals surface area contributed by atoms with Crippen molar-refractivity contribution >= 4 is 5.65 Å². The summed E-state index contributed by atoms with van der Waals surface area (Å²) in [5.41, 5.74) is 2.37. The van der Waals surface area contributed by atoms with Crippen molar-refractivity contribution in [2.24, 2.45) is 0 Å².